The van der Waals surface area contributed by atoms with Gasteiger partial charge in [-0.2, -0.15) is 0 Å². The average Bonchev–Trinajstić information content (AvgIpc) is 3.23. The van der Waals surface area contributed by atoms with Gasteiger partial charge in [-0.15, -0.1) is 0 Å². The molecule has 0 saturated carbocycles. The van der Waals surface area contributed by atoms with Gasteiger partial charge in [0.15, 0.2) is 6.61 Å². The number of carbonyl (C=O) groups is 2. The number of hydrogen-bond acceptors (Lipinski definition) is 5. The summed E-state index contributed by atoms with van der Waals surface area (Å²) in [6.07, 6.45) is 1.53. The molecular formula is C23H24ClN3O4. The van der Waals surface area contributed by atoms with Gasteiger partial charge in [-0.1, -0.05) is 29.8 Å². The molecule has 0 aliphatic carbocycles. The quantitative estimate of drug-likeness (QED) is 0.531. The maximum absolute atomic E-state index is 12.4. The van der Waals surface area contributed by atoms with E-state index < -0.39 is 0 Å². The molecule has 0 saturated heterocycles. The Morgan fingerprint density at radius 1 is 1.13 bits per heavy atom. The summed E-state index contributed by atoms with van der Waals surface area (Å²) in [6.45, 7) is 4.97. The van der Waals surface area contributed by atoms with Crippen LogP contribution >= 0.6 is 11.6 Å². The van der Waals surface area contributed by atoms with E-state index in [2.05, 4.69) is 10.3 Å². The molecule has 8 heteroatoms. The lowest BCUT2D eigenvalue weighted by atomic mass is 10.2. The topological polar surface area (TPSA) is 84.7 Å². The van der Waals surface area contributed by atoms with Gasteiger partial charge in [0, 0.05) is 24.3 Å². The molecule has 0 bridgehead atoms. The number of amides is 2. The van der Waals surface area contributed by atoms with Crippen molar-refractivity contribution >= 4 is 29.1 Å². The maximum Gasteiger partial charge on any atom is 0.260 e. The first kappa shape index (κ1) is 22.4. The van der Waals surface area contributed by atoms with Gasteiger partial charge >= 0.3 is 0 Å². The minimum Gasteiger partial charge on any atom is -0.482 e. The summed E-state index contributed by atoms with van der Waals surface area (Å²) in [6, 6.07) is 14.3. The molecule has 3 aromatic rings. The van der Waals surface area contributed by atoms with Gasteiger partial charge in [-0.05, 0) is 44.2 Å². The number of carbonyl (C=O) groups excluding carboxylic acids is 2. The summed E-state index contributed by atoms with van der Waals surface area (Å²) in [5.74, 6) is 0.478. The van der Waals surface area contributed by atoms with E-state index in [4.69, 9.17) is 20.8 Å². The van der Waals surface area contributed by atoms with Crippen LogP contribution in [0.2, 0.25) is 5.02 Å². The monoisotopic (exact) mass is 441 g/mol. The molecular weight excluding hydrogens is 418 g/mol. The SMILES string of the molecule is CCN(CC)C(=O)COc1ccc(NC(=O)Cc2coc(-c3ccccc3)n2)cc1Cl. The van der Waals surface area contributed by atoms with Crippen LogP contribution in [0.15, 0.2) is 59.2 Å². The normalized spacial score (nSPS) is 10.5. The lowest BCUT2D eigenvalue weighted by molar-refractivity contribution is -0.133. The van der Waals surface area contributed by atoms with E-state index >= 15 is 0 Å². The van der Waals surface area contributed by atoms with Crippen LogP contribution in [0.25, 0.3) is 11.5 Å². The average molecular weight is 442 g/mol. The van der Waals surface area contributed by atoms with Crippen molar-refractivity contribution in [2.75, 3.05) is 25.0 Å². The lowest BCUT2D eigenvalue weighted by Crippen LogP contribution is -2.34. The van der Waals surface area contributed by atoms with Gasteiger partial charge in [-0.25, -0.2) is 4.98 Å². The number of rotatable bonds is 9. The van der Waals surface area contributed by atoms with E-state index in [-0.39, 0.29) is 24.8 Å². The number of nitrogens with zero attached hydrogens (tertiary/aromatic N) is 2. The third-order valence-electron chi connectivity index (χ3n) is 4.60. The Labute approximate surface area is 186 Å². The van der Waals surface area contributed by atoms with Gasteiger partial charge in [0.05, 0.1) is 17.1 Å². The molecule has 0 radical (unpaired) electrons. The van der Waals surface area contributed by atoms with Crippen LogP contribution in [-0.4, -0.2) is 41.4 Å². The van der Waals surface area contributed by atoms with Crippen LogP contribution in [0, 0.1) is 0 Å². The highest BCUT2D eigenvalue weighted by atomic mass is 35.5. The molecule has 2 aromatic carbocycles. The highest BCUT2D eigenvalue weighted by Gasteiger charge is 2.14. The van der Waals surface area contributed by atoms with Crippen LogP contribution in [0.3, 0.4) is 0 Å². The molecule has 31 heavy (non-hydrogen) atoms. The van der Waals surface area contributed by atoms with Crippen molar-refractivity contribution in [2.24, 2.45) is 0 Å². The second-order valence-electron chi connectivity index (χ2n) is 6.73. The maximum atomic E-state index is 12.4. The van der Waals surface area contributed by atoms with Crippen LogP contribution in [-0.2, 0) is 16.0 Å². The van der Waals surface area contributed by atoms with Crippen LogP contribution in [0.1, 0.15) is 19.5 Å². The number of nitrogens with one attached hydrogen (secondary N) is 1. The van der Waals surface area contributed by atoms with Crippen LogP contribution < -0.4 is 10.1 Å². The molecule has 0 aliphatic rings. The van der Waals surface area contributed by atoms with Crippen LogP contribution in [0.5, 0.6) is 5.75 Å². The minimum absolute atomic E-state index is 0.0601. The first-order valence-corrected chi connectivity index (χ1v) is 10.4. The van der Waals surface area contributed by atoms with Gasteiger partial charge in [0.25, 0.3) is 5.91 Å². The van der Waals surface area contributed by atoms with Gasteiger partial charge < -0.3 is 19.4 Å². The number of ether oxygens (including phenoxy) is 1. The predicted molar refractivity (Wildman–Crippen MR) is 119 cm³/mol. The second-order valence-corrected chi connectivity index (χ2v) is 7.14. The van der Waals surface area contributed by atoms with Gasteiger partial charge in [0.1, 0.15) is 12.0 Å². The summed E-state index contributed by atoms with van der Waals surface area (Å²) in [5.41, 5.74) is 1.89. The summed E-state index contributed by atoms with van der Waals surface area (Å²) in [5, 5.41) is 3.08. The Hall–Kier alpha value is -3.32. The summed E-state index contributed by atoms with van der Waals surface area (Å²) in [4.78, 5) is 30.4. The largest absolute Gasteiger partial charge is 0.482 e. The highest BCUT2D eigenvalue weighted by molar-refractivity contribution is 6.32. The molecule has 0 unspecified atom stereocenters. The van der Waals surface area contributed by atoms with Gasteiger partial charge in [-0.3, -0.25) is 9.59 Å². The standard InChI is InChI=1S/C23H24ClN3O4/c1-3-27(4-2)22(29)15-30-20-11-10-17(12-19(20)24)25-21(28)13-18-14-31-23(26-18)16-8-6-5-7-9-16/h5-12,14H,3-4,13,15H2,1-2H3,(H,25,28). The van der Waals surface area contributed by atoms with E-state index in [0.717, 1.165) is 5.56 Å². The molecule has 0 spiro atoms. The predicted octanol–water partition coefficient (Wildman–Crippen LogP) is 4.42. The van der Waals surface area contributed by atoms with Crippen molar-refractivity contribution in [1.82, 2.24) is 9.88 Å². The fourth-order valence-corrected chi connectivity index (χ4v) is 3.21. The molecule has 1 aromatic heterocycles. The number of aromatic nitrogens is 1. The third-order valence-corrected chi connectivity index (χ3v) is 4.89. The summed E-state index contributed by atoms with van der Waals surface area (Å²) < 4.78 is 11.0. The van der Waals surface area contributed by atoms with Crippen LogP contribution in [0.4, 0.5) is 5.69 Å². The number of oxazole rings is 1. The third kappa shape index (κ3) is 6.08. The van der Waals surface area contributed by atoms with Crippen molar-refractivity contribution in [3.63, 3.8) is 0 Å². The van der Waals surface area contributed by atoms with Crippen molar-refractivity contribution in [2.45, 2.75) is 20.3 Å². The van der Waals surface area contributed by atoms with Crippen molar-refractivity contribution in [3.8, 4) is 17.2 Å². The zero-order chi connectivity index (χ0) is 22.2. The summed E-state index contributed by atoms with van der Waals surface area (Å²) in [7, 11) is 0. The second kappa shape index (κ2) is 10.6. The number of halogens is 1. The van der Waals surface area contributed by atoms with Gasteiger partial charge in [0.2, 0.25) is 11.8 Å². The Balaban J connectivity index is 1.55. The lowest BCUT2D eigenvalue weighted by Gasteiger charge is -2.19. The molecule has 1 heterocycles. The van der Waals surface area contributed by atoms with E-state index in [1.807, 2.05) is 44.2 Å². The molecule has 1 N–H and O–H groups in total. The van der Waals surface area contributed by atoms with Crippen molar-refractivity contribution in [3.05, 3.63) is 65.5 Å². The number of hydrogen-bond donors (Lipinski definition) is 1. The molecule has 0 fully saturated rings. The van der Waals surface area contributed by atoms with Crippen molar-refractivity contribution < 1.29 is 18.7 Å². The Morgan fingerprint density at radius 2 is 1.87 bits per heavy atom. The molecule has 0 aliphatic heterocycles. The van der Waals surface area contributed by atoms with Crippen molar-refractivity contribution in [1.29, 1.82) is 0 Å². The zero-order valence-corrected chi connectivity index (χ0v) is 18.2. The smallest absolute Gasteiger partial charge is 0.260 e. The number of likely N-dealkylation sites (N-methyl/N-ethyl adjacent to an activating group) is 1. The Morgan fingerprint density at radius 3 is 2.55 bits per heavy atom. The molecule has 2 amide bonds. The minimum atomic E-state index is -0.255. The Bertz CT molecular complexity index is 1030. The first-order valence-electron chi connectivity index (χ1n) is 10.00. The number of benzene rings is 2. The molecule has 3 rings (SSSR count). The fraction of sp³-hybridized carbons (Fsp3) is 0.261. The van der Waals surface area contributed by atoms with E-state index in [1.165, 1.54) is 6.26 Å². The summed E-state index contributed by atoms with van der Waals surface area (Å²) >= 11 is 6.25. The number of anilines is 1. The Kier molecular flexibility index (Phi) is 7.67. The highest BCUT2D eigenvalue weighted by Crippen LogP contribution is 2.28. The first-order chi connectivity index (χ1) is 15.0. The zero-order valence-electron chi connectivity index (χ0n) is 17.4. The van der Waals surface area contributed by atoms with E-state index in [1.54, 1.807) is 23.1 Å². The van der Waals surface area contributed by atoms with E-state index in [9.17, 15) is 9.59 Å². The fourth-order valence-electron chi connectivity index (χ4n) is 2.97. The molecule has 7 nitrogen and oxygen atoms in total. The van der Waals surface area contributed by atoms with E-state index in [0.29, 0.717) is 41.1 Å². The molecule has 162 valence electrons. The molecule has 0 atom stereocenters.